The van der Waals surface area contributed by atoms with Gasteiger partial charge in [0.1, 0.15) is 11.3 Å². The van der Waals surface area contributed by atoms with Gasteiger partial charge in [0, 0.05) is 0 Å². The summed E-state index contributed by atoms with van der Waals surface area (Å²) in [6.07, 6.45) is 0. The van der Waals surface area contributed by atoms with Crippen molar-refractivity contribution in [2.75, 3.05) is 6.61 Å². The Morgan fingerprint density at radius 2 is 1.95 bits per heavy atom. The first-order valence-electron chi connectivity index (χ1n) is 7.28. The predicted molar refractivity (Wildman–Crippen MR) is 86.4 cm³/mol. The molecule has 22 heavy (non-hydrogen) atoms. The molecule has 0 saturated carbocycles. The molecule has 1 N–H and O–H groups in total. The minimum Gasteiger partial charge on any atom is -0.484 e. The van der Waals surface area contributed by atoms with Crippen LogP contribution in [0.4, 0.5) is 0 Å². The maximum atomic E-state index is 12.0. The van der Waals surface area contributed by atoms with E-state index in [9.17, 15) is 10.1 Å². The molecule has 0 heterocycles. The smallest absolute Gasteiger partial charge is 0.259 e. The number of fused-ring (bicyclic) bond motifs is 1. The first-order valence-corrected chi connectivity index (χ1v) is 7.28. The summed E-state index contributed by atoms with van der Waals surface area (Å²) in [6.45, 7) is 5.40. The number of hydrogen-bond donors (Lipinski definition) is 1. The molecule has 2 aromatic carbocycles. The van der Waals surface area contributed by atoms with Gasteiger partial charge in [-0.05, 0) is 35.7 Å². The number of hydrogen-bond acceptors (Lipinski definition) is 3. The minimum absolute atomic E-state index is 0.0159. The van der Waals surface area contributed by atoms with E-state index in [0.717, 1.165) is 10.8 Å². The Bertz CT molecular complexity index is 718. The van der Waals surface area contributed by atoms with Gasteiger partial charge in [0.2, 0.25) is 0 Å². The van der Waals surface area contributed by atoms with Crippen molar-refractivity contribution in [3.8, 4) is 11.8 Å². The molecule has 0 radical (unpaired) electrons. The monoisotopic (exact) mass is 296 g/mol. The number of carbonyl (C=O) groups excluding carboxylic acids is 1. The van der Waals surface area contributed by atoms with Crippen LogP contribution < -0.4 is 10.1 Å². The second-order valence-electron chi connectivity index (χ2n) is 5.81. The maximum Gasteiger partial charge on any atom is 0.259 e. The highest BCUT2D eigenvalue weighted by atomic mass is 16.5. The molecule has 0 saturated heterocycles. The number of nitrogens with zero attached hydrogens (tertiary/aromatic N) is 1. The zero-order valence-corrected chi connectivity index (χ0v) is 13.1. The molecule has 114 valence electrons. The molecule has 0 aliphatic rings. The van der Waals surface area contributed by atoms with Gasteiger partial charge in [-0.15, -0.1) is 0 Å². The Morgan fingerprint density at radius 1 is 1.27 bits per heavy atom. The van der Waals surface area contributed by atoms with Crippen LogP contribution in [0, 0.1) is 17.2 Å². The van der Waals surface area contributed by atoms with E-state index in [4.69, 9.17) is 4.74 Å². The molecule has 0 aromatic heterocycles. The van der Waals surface area contributed by atoms with Gasteiger partial charge in [-0.25, -0.2) is 0 Å². The van der Waals surface area contributed by atoms with E-state index in [1.54, 1.807) is 6.92 Å². The van der Waals surface area contributed by atoms with E-state index in [1.165, 1.54) is 0 Å². The lowest BCUT2D eigenvalue weighted by Crippen LogP contribution is -2.50. The molecule has 1 amide bonds. The summed E-state index contributed by atoms with van der Waals surface area (Å²) in [4.78, 5) is 12.0. The predicted octanol–water partition coefficient (Wildman–Crippen LogP) is 3.27. The highest BCUT2D eigenvalue weighted by Gasteiger charge is 2.29. The fourth-order valence-electron chi connectivity index (χ4n) is 2.03. The van der Waals surface area contributed by atoms with Gasteiger partial charge < -0.3 is 10.1 Å². The summed E-state index contributed by atoms with van der Waals surface area (Å²) in [5.74, 6) is 0.352. The summed E-state index contributed by atoms with van der Waals surface area (Å²) in [5.41, 5.74) is -0.885. The SMILES string of the molecule is CC(C)C(C)(C#N)NC(=O)COc1ccc2ccccc2c1. The quantitative estimate of drug-likeness (QED) is 0.921. The van der Waals surface area contributed by atoms with E-state index >= 15 is 0 Å². The molecule has 0 spiro atoms. The molecule has 0 aliphatic carbocycles. The minimum atomic E-state index is -0.885. The summed E-state index contributed by atoms with van der Waals surface area (Å²) in [7, 11) is 0. The Kier molecular flexibility index (Phi) is 4.67. The molecule has 0 aliphatic heterocycles. The van der Waals surface area contributed by atoms with Crippen LogP contribution in [0.1, 0.15) is 20.8 Å². The Labute approximate surface area is 130 Å². The number of nitriles is 1. The molecular weight excluding hydrogens is 276 g/mol. The first kappa shape index (κ1) is 15.8. The van der Waals surface area contributed by atoms with E-state index < -0.39 is 5.54 Å². The average Bonchev–Trinajstić information content (AvgIpc) is 2.52. The number of carbonyl (C=O) groups is 1. The third kappa shape index (κ3) is 3.56. The lowest BCUT2D eigenvalue weighted by molar-refractivity contribution is -0.124. The summed E-state index contributed by atoms with van der Waals surface area (Å²) in [6, 6.07) is 15.8. The molecule has 4 heteroatoms. The van der Waals surface area contributed by atoms with Gasteiger partial charge in [-0.1, -0.05) is 44.2 Å². The van der Waals surface area contributed by atoms with Crippen molar-refractivity contribution in [1.29, 1.82) is 5.26 Å². The van der Waals surface area contributed by atoms with Gasteiger partial charge in [-0.3, -0.25) is 4.79 Å². The van der Waals surface area contributed by atoms with Crippen LogP contribution in [0.3, 0.4) is 0 Å². The Hall–Kier alpha value is -2.54. The van der Waals surface area contributed by atoms with Crippen LogP contribution in [-0.2, 0) is 4.79 Å². The summed E-state index contributed by atoms with van der Waals surface area (Å²) < 4.78 is 5.52. The highest BCUT2D eigenvalue weighted by Crippen LogP contribution is 2.20. The maximum absolute atomic E-state index is 12.0. The molecule has 4 nitrogen and oxygen atoms in total. The number of amides is 1. The summed E-state index contributed by atoms with van der Waals surface area (Å²) >= 11 is 0. The summed E-state index contributed by atoms with van der Waals surface area (Å²) in [5, 5.41) is 14.1. The molecule has 1 unspecified atom stereocenters. The zero-order chi connectivity index (χ0) is 16.2. The van der Waals surface area contributed by atoms with E-state index in [1.807, 2.05) is 56.3 Å². The normalized spacial score (nSPS) is 13.4. The van der Waals surface area contributed by atoms with Crippen molar-refractivity contribution in [3.05, 3.63) is 42.5 Å². The molecular formula is C18H20N2O2. The molecule has 0 bridgehead atoms. The molecule has 2 aromatic rings. The number of nitrogens with one attached hydrogen (secondary N) is 1. The molecule has 2 rings (SSSR count). The van der Waals surface area contributed by atoms with E-state index in [-0.39, 0.29) is 18.4 Å². The lowest BCUT2D eigenvalue weighted by atomic mass is 9.90. The topological polar surface area (TPSA) is 62.1 Å². The van der Waals surface area contributed by atoms with Gasteiger partial charge in [-0.2, -0.15) is 5.26 Å². The Balaban J connectivity index is 1.99. The van der Waals surface area contributed by atoms with Crippen LogP contribution in [0.2, 0.25) is 0 Å². The van der Waals surface area contributed by atoms with Crippen molar-refractivity contribution in [1.82, 2.24) is 5.32 Å². The number of rotatable bonds is 5. The first-order chi connectivity index (χ1) is 10.4. The van der Waals surface area contributed by atoms with Crippen LogP contribution in [0.25, 0.3) is 10.8 Å². The highest BCUT2D eigenvalue weighted by molar-refractivity contribution is 5.84. The second-order valence-corrected chi connectivity index (χ2v) is 5.81. The van der Waals surface area contributed by atoms with Gasteiger partial charge in [0.05, 0.1) is 6.07 Å². The van der Waals surface area contributed by atoms with Gasteiger partial charge in [0.25, 0.3) is 5.91 Å². The van der Waals surface area contributed by atoms with Crippen molar-refractivity contribution < 1.29 is 9.53 Å². The van der Waals surface area contributed by atoms with Crippen molar-refractivity contribution >= 4 is 16.7 Å². The van der Waals surface area contributed by atoms with Crippen molar-refractivity contribution in [3.63, 3.8) is 0 Å². The van der Waals surface area contributed by atoms with Gasteiger partial charge in [0.15, 0.2) is 6.61 Å². The number of ether oxygens (including phenoxy) is 1. The number of benzene rings is 2. The van der Waals surface area contributed by atoms with Crippen molar-refractivity contribution in [2.24, 2.45) is 5.92 Å². The second kappa shape index (κ2) is 6.48. The van der Waals surface area contributed by atoms with Crippen LogP contribution >= 0.6 is 0 Å². The fourth-order valence-corrected chi connectivity index (χ4v) is 2.03. The van der Waals surface area contributed by atoms with E-state index in [0.29, 0.717) is 5.75 Å². The third-order valence-corrected chi connectivity index (χ3v) is 3.88. The molecule has 0 fully saturated rings. The standard InChI is InChI=1S/C18H20N2O2/c1-13(2)18(3,12-19)20-17(21)11-22-16-9-8-14-6-4-5-7-15(14)10-16/h4-10,13H,11H2,1-3H3,(H,20,21). The van der Waals surface area contributed by atoms with Gasteiger partial charge >= 0.3 is 0 Å². The van der Waals surface area contributed by atoms with Crippen LogP contribution in [0.15, 0.2) is 42.5 Å². The van der Waals surface area contributed by atoms with Crippen LogP contribution in [0.5, 0.6) is 5.75 Å². The molecule has 1 atom stereocenters. The average molecular weight is 296 g/mol. The zero-order valence-electron chi connectivity index (χ0n) is 13.1. The fraction of sp³-hybridized carbons (Fsp3) is 0.333. The lowest BCUT2D eigenvalue weighted by Gasteiger charge is -2.27. The van der Waals surface area contributed by atoms with Crippen LogP contribution in [-0.4, -0.2) is 18.1 Å². The van der Waals surface area contributed by atoms with Crippen molar-refractivity contribution in [2.45, 2.75) is 26.3 Å². The van der Waals surface area contributed by atoms with E-state index in [2.05, 4.69) is 11.4 Å². The largest absolute Gasteiger partial charge is 0.484 e. The third-order valence-electron chi connectivity index (χ3n) is 3.88. The Morgan fingerprint density at radius 3 is 2.59 bits per heavy atom.